The first-order chi connectivity index (χ1) is 13.3. The van der Waals surface area contributed by atoms with Crippen molar-refractivity contribution in [3.8, 4) is 0 Å². The molecule has 6 heteroatoms. The summed E-state index contributed by atoms with van der Waals surface area (Å²) in [6, 6.07) is 9.06. The van der Waals surface area contributed by atoms with E-state index in [2.05, 4.69) is 10.00 Å². The lowest BCUT2D eigenvalue weighted by Gasteiger charge is -2.28. The van der Waals surface area contributed by atoms with Gasteiger partial charge in [-0.05, 0) is 44.2 Å². The summed E-state index contributed by atoms with van der Waals surface area (Å²) < 4.78 is 28.0. The molecule has 1 aromatic heterocycles. The third-order valence-electron chi connectivity index (χ3n) is 5.40. The minimum Gasteiger partial charge on any atom is -0.377 e. The fraction of sp³-hybridized carbons (Fsp3) is 0.571. The fourth-order valence-electron chi connectivity index (χ4n) is 4.00. The molecule has 2 aromatic rings. The molecule has 2 saturated heterocycles. The SMILES string of the molecule is Fc1ccccc1CN(Cc1ccnn1[C@@H]1CCCCO1)C[C@@H]1CCCO1. The number of hydrogen-bond donors (Lipinski definition) is 0. The molecule has 2 atom stereocenters. The molecule has 2 aliphatic heterocycles. The van der Waals surface area contributed by atoms with E-state index in [4.69, 9.17) is 9.47 Å². The van der Waals surface area contributed by atoms with E-state index in [1.165, 1.54) is 12.5 Å². The summed E-state index contributed by atoms with van der Waals surface area (Å²) in [6.45, 7) is 3.67. The van der Waals surface area contributed by atoms with E-state index in [-0.39, 0.29) is 18.1 Å². The van der Waals surface area contributed by atoms with Crippen LogP contribution in [0.5, 0.6) is 0 Å². The van der Waals surface area contributed by atoms with E-state index in [0.29, 0.717) is 13.1 Å². The second kappa shape index (κ2) is 8.95. The Balaban J connectivity index is 1.50. The van der Waals surface area contributed by atoms with Gasteiger partial charge in [-0.2, -0.15) is 5.10 Å². The van der Waals surface area contributed by atoms with Gasteiger partial charge in [0.15, 0.2) is 6.23 Å². The minimum atomic E-state index is -0.154. The Morgan fingerprint density at radius 1 is 1.04 bits per heavy atom. The summed E-state index contributed by atoms with van der Waals surface area (Å²) in [4.78, 5) is 2.27. The summed E-state index contributed by atoms with van der Waals surface area (Å²) in [6.07, 6.45) is 7.52. The molecule has 0 saturated carbocycles. The fourth-order valence-corrected chi connectivity index (χ4v) is 4.00. The summed E-state index contributed by atoms with van der Waals surface area (Å²) in [5.41, 5.74) is 1.83. The van der Waals surface area contributed by atoms with Crippen LogP contribution in [0.2, 0.25) is 0 Å². The lowest BCUT2D eigenvalue weighted by atomic mass is 10.1. The molecule has 146 valence electrons. The van der Waals surface area contributed by atoms with E-state index < -0.39 is 0 Å². The summed E-state index contributed by atoms with van der Waals surface area (Å²) in [5.74, 6) is -0.154. The molecule has 5 nitrogen and oxygen atoms in total. The van der Waals surface area contributed by atoms with Gasteiger partial charge >= 0.3 is 0 Å². The van der Waals surface area contributed by atoms with E-state index in [1.807, 2.05) is 29.1 Å². The molecule has 4 rings (SSSR count). The first kappa shape index (κ1) is 18.6. The highest BCUT2D eigenvalue weighted by molar-refractivity contribution is 5.17. The van der Waals surface area contributed by atoms with Gasteiger partial charge in [-0.3, -0.25) is 4.90 Å². The maximum absolute atomic E-state index is 14.2. The van der Waals surface area contributed by atoms with E-state index in [9.17, 15) is 4.39 Å². The Morgan fingerprint density at radius 3 is 2.70 bits per heavy atom. The normalized spacial score (nSPS) is 23.2. The van der Waals surface area contributed by atoms with Crippen LogP contribution in [0.25, 0.3) is 0 Å². The van der Waals surface area contributed by atoms with Gasteiger partial charge in [0.1, 0.15) is 5.82 Å². The molecule has 0 spiro atoms. The molecule has 0 amide bonds. The number of halogens is 1. The highest BCUT2D eigenvalue weighted by Gasteiger charge is 2.23. The van der Waals surface area contributed by atoms with Crippen molar-refractivity contribution in [3.63, 3.8) is 0 Å². The molecule has 0 radical (unpaired) electrons. The molecule has 0 bridgehead atoms. The Hall–Kier alpha value is -1.76. The molecule has 0 unspecified atom stereocenters. The first-order valence-electron chi connectivity index (χ1n) is 10.0. The molecular weight excluding hydrogens is 345 g/mol. The Kier molecular flexibility index (Phi) is 6.17. The van der Waals surface area contributed by atoms with Crippen molar-refractivity contribution >= 4 is 0 Å². The molecule has 0 N–H and O–H groups in total. The van der Waals surface area contributed by atoms with Gasteiger partial charge in [-0.1, -0.05) is 18.2 Å². The number of aromatic nitrogens is 2. The highest BCUT2D eigenvalue weighted by Crippen LogP contribution is 2.25. The van der Waals surface area contributed by atoms with Crippen molar-refractivity contribution < 1.29 is 13.9 Å². The monoisotopic (exact) mass is 373 g/mol. The van der Waals surface area contributed by atoms with Gasteiger partial charge in [0.05, 0.1) is 11.8 Å². The molecule has 1 aromatic carbocycles. The maximum Gasteiger partial charge on any atom is 0.150 e. The van der Waals surface area contributed by atoms with E-state index >= 15 is 0 Å². The Bertz CT molecular complexity index is 724. The lowest BCUT2D eigenvalue weighted by molar-refractivity contribution is -0.0424. The number of ether oxygens (including phenoxy) is 2. The number of rotatable bonds is 7. The zero-order valence-electron chi connectivity index (χ0n) is 15.7. The van der Waals surface area contributed by atoms with E-state index in [1.54, 1.807) is 6.07 Å². The summed E-state index contributed by atoms with van der Waals surface area (Å²) in [5, 5.41) is 4.51. The third kappa shape index (κ3) is 4.75. The van der Waals surface area contributed by atoms with Crippen LogP contribution in [-0.4, -0.2) is 40.5 Å². The van der Waals surface area contributed by atoms with Gasteiger partial charge in [0, 0.05) is 44.6 Å². The van der Waals surface area contributed by atoms with Crippen molar-refractivity contribution in [2.75, 3.05) is 19.8 Å². The van der Waals surface area contributed by atoms with Crippen molar-refractivity contribution in [3.05, 3.63) is 53.6 Å². The standard InChI is InChI=1S/C21H28FN3O2/c22-20-8-2-1-6-17(20)14-24(16-19-7-5-13-26-19)15-18-10-11-23-25(18)21-9-3-4-12-27-21/h1-2,6,8,10-11,19,21H,3-5,7,9,12-16H2/t19-,21-/m0/s1. The van der Waals surface area contributed by atoms with Crippen LogP contribution in [-0.2, 0) is 22.6 Å². The van der Waals surface area contributed by atoms with Crippen LogP contribution >= 0.6 is 0 Å². The third-order valence-corrected chi connectivity index (χ3v) is 5.40. The molecular formula is C21H28FN3O2. The minimum absolute atomic E-state index is 0.0155. The second-order valence-corrected chi connectivity index (χ2v) is 7.48. The van der Waals surface area contributed by atoms with Crippen LogP contribution < -0.4 is 0 Å². The molecule has 3 heterocycles. The average Bonchev–Trinajstić information content (AvgIpc) is 3.36. The molecule has 0 aliphatic carbocycles. The van der Waals surface area contributed by atoms with Crippen molar-refractivity contribution in [2.24, 2.45) is 0 Å². The summed E-state index contributed by atoms with van der Waals surface area (Å²) >= 11 is 0. The van der Waals surface area contributed by atoms with Crippen LogP contribution in [0.15, 0.2) is 36.5 Å². The molecule has 2 fully saturated rings. The first-order valence-corrected chi connectivity index (χ1v) is 10.0. The zero-order valence-corrected chi connectivity index (χ0v) is 15.7. The maximum atomic E-state index is 14.2. The van der Waals surface area contributed by atoms with Gasteiger partial charge in [-0.15, -0.1) is 0 Å². The topological polar surface area (TPSA) is 39.5 Å². The number of benzene rings is 1. The van der Waals surface area contributed by atoms with Crippen LogP contribution in [0.4, 0.5) is 4.39 Å². The van der Waals surface area contributed by atoms with Crippen molar-refractivity contribution in [2.45, 2.75) is 57.5 Å². The average molecular weight is 373 g/mol. The Labute approximate surface area is 160 Å². The quantitative estimate of drug-likeness (QED) is 0.738. The zero-order chi connectivity index (χ0) is 18.5. The Morgan fingerprint density at radius 2 is 1.93 bits per heavy atom. The van der Waals surface area contributed by atoms with Gasteiger partial charge in [-0.25, -0.2) is 9.07 Å². The van der Waals surface area contributed by atoms with Crippen LogP contribution in [0, 0.1) is 5.82 Å². The van der Waals surface area contributed by atoms with Gasteiger partial charge in [0.25, 0.3) is 0 Å². The second-order valence-electron chi connectivity index (χ2n) is 7.48. The van der Waals surface area contributed by atoms with E-state index in [0.717, 1.165) is 56.7 Å². The molecule has 2 aliphatic rings. The predicted molar refractivity (Wildman–Crippen MR) is 101 cm³/mol. The summed E-state index contributed by atoms with van der Waals surface area (Å²) in [7, 11) is 0. The largest absolute Gasteiger partial charge is 0.377 e. The lowest BCUT2D eigenvalue weighted by Crippen LogP contribution is -2.33. The predicted octanol–water partition coefficient (Wildman–Crippen LogP) is 3.90. The van der Waals surface area contributed by atoms with Crippen LogP contribution in [0.1, 0.15) is 49.6 Å². The molecule has 27 heavy (non-hydrogen) atoms. The van der Waals surface area contributed by atoms with Crippen molar-refractivity contribution in [1.82, 2.24) is 14.7 Å². The number of hydrogen-bond acceptors (Lipinski definition) is 4. The van der Waals surface area contributed by atoms with Crippen molar-refractivity contribution in [1.29, 1.82) is 0 Å². The van der Waals surface area contributed by atoms with Gasteiger partial charge in [0.2, 0.25) is 0 Å². The number of nitrogens with zero attached hydrogens (tertiary/aromatic N) is 3. The van der Waals surface area contributed by atoms with Crippen LogP contribution in [0.3, 0.4) is 0 Å². The highest BCUT2D eigenvalue weighted by atomic mass is 19.1. The smallest absolute Gasteiger partial charge is 0.150 e. The van der Waals surface area contributed by atoms with Gasteiger partial charge < -0.3 is 9.47 Å².